The first-order valence-electron chi connectivity index (χ1n) is 20.2. The normalized spacial score (nSPS) is 12.1. The lowest BCUT2D eigenvalue weighted by Gasteiger charge is -2.19. The fourth-order valence-electron chi connectivity index (χ4n) is 9.81. The summed E-state index contributed by atoms with van der Waals surface area (Å²) < 4.78 is 2.29. The molecule has 13 aromatic rings. The van der Waals surface area contributed by atoms with E-state index in [-0.39, 0.29) is 0 Å². The van der Waals surface area contributed by atoms with E-state index >= 15 is 0 Å². The van der Waals surface area contributed by atoms with Crippen LogP contribution in [-0.4, -0.2) is 14.4 Å². The van der Waals surface area contributed by atoms with Crippen LogP contribution >= 0.6 is 0 Å². The third kappa shape index (κ3) is 4.76. The van der Waals surface area contributed by atoms with Crippen molar-refractivity contribution in [2.75, 3.05) is 0 Å². The number of nitrogens with zero attached hydrogens (tertiary/aromatic N) is 3. The zero-order valence-electron chi connectivity index (χ0n) is 31.9. The second kappa shape index (κ2) is 12.3. The van der Waals surface area contributed by atoms with Crippen molar-refractivity contribution < 1.29 is 0 Å². The molecule has 3 aromatic heterocycles. The first kappa shape index (κ1) is 32.2. The predicted octanol–water partition coefficient (Wildman–Crippen LogP) is 15.0. The largest absolute Gasteiger partial charge is 0.290 e. The van der Waals surface area contributed by atoms with E-state index in [1.165, 1.54) is 70.7 Å². The quantitative estimate of drug-likeness (QED) is 0.133. The number of hydrogen-bond acceptors (Lipinski definition) is 2. The summed E-state index contributed by atoms with van der Waals surface area (Å²) in [7, 11) is 0. The monoisotopic (exact) mass is 747 g/mol. The van der Waals surface area contributed by atoms with Crippen molar-refractivity contribution in [2.24, 2.45) is 0 Å². The molecule has 272 valence electrons. The average molecular weight is 748 g/mol. The van der Waals surface area contributed by atoms with Gasteiger partial charge >= 0.3 is 0 Å². The SMILES string of the molecule is c1ccc2cc(-c3c4ccccc4c(-c4ccc5ccccc5c4)c4cc(-c5ccc6c(c5)c5c7ccccc7cnc5c5nc7ccccc7n65)ccc34)ccc2c1. The Hall–Kier alpha value is -7.88. The van der Waals surface area contributed by atoms with Crippen LogP contribution in [0.15, 0.2) is 200 Å². The highest BCUT2D eigenvalue weighted by Gasteiger charge is 2.20. The minimum atomic E-state index is 0.881. The Morgan fingerprint density at radius 1 is 0.339 bits per heavy atom. The lowest BCUT2D eigenvalue weighted by Crippen LogP contribution is -1.95. The molecule has 0 bridgehead atoms. The van der Waals surface area contributed by atoms with Gasteiger partial charge in [0, 0.05) is 22.4 Å². The highest BCUT2D eigenvalue weighted by atomic mass is 15.0. The van der Waals surface area contributed by atoms with Crippen LogP contribution in [0.25, 0.3) is 126 Å². The standard InChI is InChI=1S/C56H33N3/c1-3-13-36-29-40(23-21-34(36)11-1)52-44-17-7-8-18-45(44)53(41-24-22-35-12-2-4-14-37(35)30-41)47-31-38(25-27-46(47)52)39-26-28-50-48(32-39)54-43-16-6-5-15-42(43)33-57-55(54)56-58-49-19-9-10-20-51(49)59(50)56/h1-33H. The van der Waals surface area contributed by atoms with Gasteiger partial charge in [-0.2, -0.15) is 0 Å². The zero-order valence-corrected chi connectivity index (χ0v) is 31.9. The molecule has 0 saturated heterocycles. The Morgan fingerprint density at radius 3 is 1.58 bits per heavy atom. The van der Waals surface area contributed by atoms with Crippen molar-refractivity contribution in [3.05, 3.63) is 200 Å². The molecule has 0 unspecified atom stereocenters. The maximum atomic E-state index is 5.15. The minimum absolute atomic E-state index is 0.881. The predicted molar refractivity (Wildman–Crippen MR) is 249 cm³/mol. The highest BCUT2D eigenvalue weighted by Crippen LogP contribution is 2.46. The van der Waals surface area contributed by atoms with Crippen LogP contribution in [0.3, 0.4) is 0 Å². The molecule has 0 spiro atoms. The summed E-state index contributed by atoms with van der Waals surface area (Å²) in [5.74, 6) is 0. The summed E-state index contributed by atoms with van der Waals surface area (Å²) in [6.07, 6.45) is 1.99. The molecule has 10 aromatic carbocycles. The van der Waals surface area contributed by atoms with Crippen molar-refractivity contribution in [3.8, 4) is 33.4 Å². The molecule has 0 aliphatic rings. The summed E-state index contributed by atoms with van der Waals surface area (Å²) in [4.78, 5) is 10.2. The van der Waals surface area contributed by atoms with Crippen LogP contribution in [0.1, 0.15) is 0 Å². The number of pyridine rings is 2. The van der Waals surface area contributed by atoms with Crippen molar-refractivity contribution >= 4 is 92.3 Å². The van der Waals surface area contributed by atoms with Crippen LogP contribution in [0, 0.1) is 0 Å². The number of benzene rings is 10. The maximum Gasteiger partial charge on any atom is 0.165 e. The first-order chi connectivity index (χ1) is 29.2. The highest BCUT2D eigenvalue weighted by molar-refractivity contribution is 6.24. The molecular formula is C56H33N3. The molecule has 0 aliphatic carbocycles. The van der Waals surface area contributed by atoms with Gasteiger partial charge in [0.05, 0.1) is 16.6 Å². The lowest BCUT2D eigenvalue weighted by molar-refractivity contribution is 1.29. The van der Waals surface area contributed by atoms with Gasteiger partial charge in [-0.25, -0.2) is 4.98 Å². The van der Waals surface area contributed by atoms with E-state index in [4.69, 9.17) is 9.97 Å². The van der Waals surface area contributed by atoms with E-state index < -0.39 is 0 Å². The summed E-state index contributed by atoms with van der Waals surface area (Å²) in [5, 5.41) is 14.5. The van der Waals surface area contributed by atoms with Gasteiger partial charge in [0.2, 0.25) is 0 Å². The number of imidazole rings is 1. The lowest BCUT2D eigenvalue weighted by atomic mass is 9.84. The second-order valence-electron chi connectivity index (χ2n) is 15.7. The zero-order chi connectivity index (χ0) is 38.6. The molecule has 0 atom stereocenters. The van der Waals surface area contributed by atoms with E-state index in [0.717, 1.165) is 55.0 Å². The fourth-order valence-corrected chi connectivity index (χ4v) is 9.81. The number of para-hydroxylation sites is 2. The van der Waals surface area contributed by atoms with Crippen LogP contribution in [0.4, 0.5) is 0 Å². The van der Waals surface area contributed by atoms with Gasteiger partial charge in [-0.15, -0.1) is 0 Å². The van der Waals surface area contributed by atoms with Crippen molar-refractivity contribution in [2.45, 2.75) is 0 Å². The summed E-state index contributed by atoms with van der Waals surface area (Å²) in [6.45, 7) is 0. The second-order valence-corrected chi connectivity index (χ2v) is 15.7. The van der Waals surface area contributed by atoms with Crippen LogP contribution in [0.5, 0.6) is 0 Å². The van der Waals surface area contributed by atoms with Gasteiger partial charge in [-0.1, -0.05) is 152 Å². The number of rotatable bonds is 3. The molecular weight excluding hydrogens is 715 g/mol. The van der Waals surface area contributed by atoms with Crippen molar-refractivity contribution in [3.63, 3.8) is 0 Å². The molecule has 3 nitrogen and oxygen atoms in total. The van der Waals surface area contributed by atoms with E-state index in [2.05, 4.69) is 199 Å². The van der Waals surface area contributed by atoms with Gasteiger partial charge in [-0.05, 0) is 124 Å². The molecule has 0 radical (unpaired) electrons. The van der Waals surface area contributed by atoms with Crippen molar-refractivity contribution in [1.29, 1.82) is 0 Å². The molecule has 3 heterocycles. The van der Waals surface area contributed by atoms with Gasteiger partial charge < -0.3 is 0 Å². The van der Waals surface area contributed by atoms with Gasteiger partial charge in [0.15, 0.2) is 5.65 Å². The summed E-state index contributed by atoms with van der Waals surface area (Å²) in [5.41, 5.74) is 12.2. The van der Waals surface area contributed by atoms with E-state index in [1.807, 2.05) is 6.20 Å². The third-order valence-corrected chi connectivity index (χ3v) is 12.5. The smallest absolute Gasteiger partial charge is 0.165 e. The molecule has 0 amide bonds. The third-order valence-electron chi connectivity index (χ3n) is 12.5. The minimum Gasteiger partial charge on any atom is -0.290 e. The summed E-state index contributed by atoms with van der Waals surface area (Å²) in [6, 6.07) is 71.1. The van der Waals surface area contributed by atoms with Gasteiger partial charge in [0.25, 0.3) is 0 Å². The number of fused-ring (bicyclic) bond motifs is 14. The topological polar surface area (TPSA) is 30.2 Å². The van der Waals surface area contributed by atoms with Gasteiger partial charge in [-0.3, -0.25) is 9.38 Å². The Bertz CT molecular complexity index is 3910. The van der Waals surface area contributed by atoms with E-state index in [1.54, 1.807) is 0 Å². The van der Waals surface area contributed by atoms with Crippen LogP contribution in [-0.2, 0) is 0 Å². The molecule has 13 rings (SSSR count). The summed E-state index contributed by atoms with van der Waals surface area (Å²) >= 11 is 0. The Morgan fingerprint density at radius 2 is 0.864 bits per heavy atom. The molecule has 3 heteroatoms. The van der Waals surface area contributed by atoms with E-state index in [0.29, 0.717) is 0 Å². The fraction of sp³-hybridized carbons (Fsp3) is 0. The Labute approximate surface area is 339 Å². The molecule has 0 saturated carbocycles. The Kier molecular flexibility index (Phi) is 6.72. The molecule has 0 N–H and O–H groups in total. The first-order valence-corrected chi connectivity index (χ1v) is 20.2. The Balaban J connectivity index is 1.14. The van der Waals surface area contributed by atoms with Crippen molar-refractivity contribution in [1.82, 2.24) is 14.4 Å². The maximum absolute atomic E-state index is 5.15. The molecule has 0 fully saturated rings. The van der Waals surface area contributed by atoms with Gasteiger partial charge in [0.1, 0.15) is 5.52 Å². The van der Waals surface area contributed by atoms with Crippen LogP contribution < -0.4 is 0 Å². The molecule has 59 heavy (non-hydrogen) atoms. The van der Waals surface area contributed by atoms with Crippen LogP contribution in [0.2, 0.25) is 0 Å². The number of hydrogen-bond donors (Lipinski definition) is 0. The van der Waals surface area contributed by atoms with E-state index in [9.17, 15) is 0 Å². The average Bonchev–Trinajstić information content (AvgIpc) is 3.70. The number of aromatic nitrogens is 3. The molecule has 0 aliphatic heterocycles.